The summed E-state index contributed by atoms with van der Waals surface area (Å²) in [5.74, 6) is 0.810. The van der Waals surface area contributed by atoms with Gasteiger partial charge in [0.1, 0.15) is 5.76 Å². The summed E-state index contributed by atoms with van der Waals surface area (Å²) in [6.45, 7) is 2.48. The van der Waals surface area contributed by atoms with E-state index < -0.39 is 0 Å². The smallest absolute Gasteiger partial charge is 0.267 e. The minimum atomic E-state index is -0.220. The number of hydrogen-bond acceptors (Lipinski definition) is 7. The third kappa shape index (κ3) is 5.66. The van der Waals surface area contributed by atoms with Gasteiger partial charge >= 0.3 is 0 Å². The van der Waals surface area contributed by atoms with E-state index in [9.17, 15) is 9.90 Å². The van der Waals surface area contributed by atoms with Crippen molar-refractivity contribution >= 4 is 46.7 Å². The third-order valence-corrected chi connectivity index (χ3v) is 5.83. The van der Waals surface area contributed by atoms with Crippen LogP contribution in [0, 0.1) is 0 Å². The summed E-state index contributed by atoms with van der Waals surface area (Å²) in [4.78, 5) is 15.1. The van der Waals surface area contributed by atoms with Crippen LogP contribution < -0.4 is 4.74 Å². The quantitative estimate of drug-likeness (QED) is 0.272. The molecule has 0 radical (unpaired) electrons. The standard InChI is InChI=1S/C24H20ClN3O4S/c1-2-31-21-12-17(7-10-20(21)29)13-22-23(30)28(15-19-4-3-11-32-19)24(33-22)27-26-14-16-5-8-18(25)9-6-16/h3-14,29H,2,15H2,1H3/b22-13-,26-14+,27-24-. The number of phenols is 1. The van der Waals surface area contributed by atoms with Crippen LogP contribution in [0.2, 0.25) is 5.02 Å². The van der Waals surface area contributed by atoms with Crippen molar-refractivity contribution < 1.29 is 19.1 Å². The van der Waals surface area contributed by atoms with Crippen molar-refractivity contribution in [1.82, 2.24) is 4.90 Å². The molecule has 0 aliphatic carbocycles. The average Bonchev–Trinajstić information content (AvgIpc) is 3.42. The molecule has 1 amide bonds. The van der Waals surface area contributed by atoms with Crippen molar-refractivity contribution in [3.05, 3.63) is 87.7 Å². The number of halogens is 1. The monoisotopic (exact) mass is 481 g/mol. The maximum absolute atomic E-state index is 13.2. The highest BCUT2D eigenvalue weighted by Crippen LogP contribution is 2.35. The highest BCUT2D eigenvalue weighted by Gasteiger charge is 2.34. The summed E-state index contributed by atoms with van der Waals surface area (Å²) >= 11 is 7.13. The molecule has 1 saturated heterocycles. The fraction of sp³-hybridized carbons (Fsp3) is 0.125. The van der Waals surface area contributed by atoms with Crippen LogP contribution in [0.5, 0.6) is 11.5 Å². The first-order chi connectivity index (χ1) is 16.0. The molecule has 1 N–H and O–H groups in total. The SMILES string of the molecule is CCOc1cc(/C=C2\S/C(=N\N=C\c3ccc(Cl)cc3)N(Cc3ccco3)C2=O)ccc1O. The van der Waals surface area contributed by atoms with Gasteiger partial charge < -0.3 is 14.3 Å². The van der Waals surface area contributed by atoms with Crippen molar-refractivity contribution in [2.24, 2.45) is 10.2 Å². The normalized spacial score (nSPS) is 16.4. The summed E-state index contributed by atoms with van der Waals surface area (Å²) in [5.41, 5.74) is 1.55. The number of benzene rings is 2. The van der Waals surface area contributed by atoms with Crippen molar-refractivity contribution in [2.75, 3.05) is 6.61 Å². The number of furan rings is 1. The highest BCUT2D eigenvalue weighted by atomic mass is 35.5. The van der Waals surface area contributed by atoms with E-state index in [-0.39, 0.29) is 18.2 Å². The molecule has 1 aliphatic heterocycles. The number of phenolic OH excluding ortho intramolecular Hbond substituents is 1. The number of hydrogen-bond donors (Lipinski definition) is 1. The summed E-state index contributed by atoms with van der Waals surface area (Å²) in [6, 6.07) is 15.7. The van der Waals surface area contributed by atoms with Crippen LogP contribution in [0.1, 0.15) is 23.8 Å². The van der Waals surface area contributed by atoms with Crippen LogP contribution in [-0.2, 0) is 11.3 Å². The summed E-state index contributed by atoms with van der Waals surface area (Å²) in [6.07, 6.45) is 4.88. The lowest BCUT2D eigenvalue weighted by Crippen LogP contribution is -2.28. The number of aromatic hydroxyl groups is 1. The first-order valence-corrected chi connectivity index (χ1v) is 11.3. The molecule has 0 atom stereocenters. The maximum atomic E-state index is 13.2. The fourth-order valence-corrected chi connectivity index (χ4v) is 4.08. The predicted molar refractivity (Wildman–Crippen MR) is 131 cm³/mol. The number of ether oxygens (including phenoxy) is 1. The molecule has 168 valence electrons. The highest BCUT2D eigenvalue weighted by molar-refractivity contribution is 8.18. The van der Waals surface area contributed by atoms with Crippen LogP contribution in [-0.4, -0.2) is 33.9 Å². The number of thioether (sulfide) groups is 1. The lowest BCUT2D eigenvalue weighted by Gasteiger charge is -2.12. The van der Waals surface area contributed by atoms with E-state index in [4.69, 9.17) is 20.8 Å². The van der Waals surface area contributed by atoms with Crippen LogP contribution >= 0.6 is 23.4 Å². The number of carbonyl (C=O) groups excluding carboxylic acids is 1. The molecular weight excluding hydrogens is 462 g/mol. The zero-order chi connectivity index (χ0) is 23.2. The van der Waals surface area contributed by atoms with Gasteiger partial charge in [0, 0.05) is 5.02 Å². The molecule has 7 nitrogen and oxygen atoms in total. The van der Waals surface area contributed by atoms with Crippen LogP contribution in [0.4, 0.5) is 0 Å². The lowest BCUT2D eigenvalue weighted by molar-refractivity contribution is -0.122. The molecule has 1 aromatic heterocycles. The van der Waals surface area contributed by atoms with E-state index in [1.807, 2.05) is 19.1 Å². The number of nitrogens with zero attached hydrogens (tertiary/aromatic N) is 3. The van der Waals surface area contributed by atoms with E-state index in [0.717, 1.165) is 11.1 Å². The van der Waals surface area contributed by atoms with E-state index in [0.29, 0.717) is 33.2 Å². The molecule has 3 aromatic rings. The van der Waals surface area contributed by atoms with Gasteiger partial charge in [-0.05, 0) is 72.3 Å². The van der Waals surface area contributed by atoms with E-state index >= 15 is 0 Å². The van der Waals surface area contributed by atoms with Gasteiger partial charge in [0.05, 0.1) is 30.5 Å². The second kappa shape index (κ2) is 10.4. The summed E-state index contributed by atoms with van der Waals surface area (Å²) in [5, 5.41) is 19.4. The van der Waals surface area contributed by atoms with Gasteiger partial charge in [-0.3, -0.25) is 9.69 Å². The van der Waals surface area contributed by atoms with Crippen LogP contribution in [0.25, 0.3) is 6.08 Å². The van der Waals surface area contributed by atoms with Gasteiger partial charge in [-0.15, -0.1) is 5.10 Å². The van der Waals surface area contributed by atoms with E-state index in [2.05, 4.69) is 10.2 Å². The Hall–Kier alpha value is -3.49. The fourth-order valence-electron chi connectivity index (χ4n) is 3.02. The van der Waals surface area contributed by atoms with Crippen molar-refractivity contribution in [3.63, 3.8) is 0 Å². The second-order valence-electron chi connectivity index (χ2n) is 6.92. The van der Waals surface area contributed by atoms with Gasteiger partial charge in [-0.1, -0.05) is 29.8 Å². The Balaban J connectivity index is 1.62. The molecular formula is C24H20ClN3O4S. The number of amidine groups is 1. The molecule has 2 aromatic carbocycles. The van der Waals surface area contributed by atoms with Crippen molar-refractivity contribution in [3.8, 4) is 11.5 Å². The Labute approximate surface area is 200 Å². The molecule has 1 fully saturated rings. The Kier molecular flexibility index (Phi) is 7.16. The van der Waals surface area contributed by atoms with Gasteiger partial charge in [0.2, 0.25) is 0 Å². The molecule has 0 bridgehead atoms. The van der Waals surface area contributed by atoms with Crippen molar-refractivity contribution in [1.29, 1.82) is 0 Å². The average molecular weight is 482 g/mol. The molecule has 2 heterocycles. The molecule has 1 aliphatic rings. The lowest BCUT2D eigenvalue weighted by atomic mass is 10.2. The minimum absolute atomic E-state index is 0.0441. The number of carbonyl (C=O) groups is 1. The van der Waals surface area contributed by atoms with Crippen LogP contribution in [0.15, 0.2) is 80.4 Å². The minimum Gasteiger partial charge on any atom is -0.504 e. The molecule has 0 saturated carbocycles. The molecule has 0 spiro atoms. The Morgan fingerprint density at radius 3 is 2.70 bits per heavy atom. The Morgan fingerprint density at radius 1 is 1.18 bits per heavy atom. The molecule has 9 heteroatoms. The summed E-state index contributed by atoms with van der Waals surface area (Å²) < 4.78 is 10.9. The Morgan fingerprint density at radius 2 is 1.97 bits per heavy atom. The van der Waals surface area contributed by atoms with Crippen molar-refractivity contribution in [2.45, 2.75) is 13.5 Å². The maximum Gasteiger partial charge on any atom is 0.267 e. The summed E-state index contributed by atoms with van der Waals surface area (Å²) in [7, 11) is 0. The zero-order valence-electron chi connectivity index (χ0n) is 17.6. The van der Waals surface area contributed by atoms with Gasteiger partial charge in [-0.25, -0.2) is 0 Å². The number of amides is 1. The molecule has 0 unspecified atom stereocenters. The van der Waals surface area contributed by atoms with Gasteiger partial charge in [-0.2, -0.15) is 5.10 Å². The zero-order valence-corrected chi connectivity index (χ0v) is 19.2. The molecule has 4 rings (SSSR count). The Bertz CT molecular complexity index is 1220. The number of rotatable bonds is 7. The second-order valence-corrected chi connectivity index (χ2v) is 8.37. The first kappa shape index (κ1) is 22.7. The predicted octanol–water partition coefficient (Wildman–Crippen LogP) is 5.54. The first-order valence-electron chi connectivity index (χ1n) is 10.1. The van der Waals surface area contributed by atoms with E-state index in [1.165, 1.54) is 22.7 Å². The van der Waals surface area contributed by atoms with Gasteiger partial charge in [0.15, 0.2) is 16.7 Å². The van der Waals surface area contributed by atoms with Crippen LogP contribution in [0.3, 0.4) is 0 Å². The molecule has 33 heavy (non-hydrogen) atoms. The largest absolute Gasteiger partial charge is 0.504 e. The van der Waals surface area contributed by atoms with Gasteiger partial charge in [0.25, 0.3) is 5.91 Å². The van der Waals surface area contributed by atoms with E-state index in [1.54, 1.807) is 55.0 Å². The third-order valence-electron chi connectivity index (χ3n) is 4.58. The topological polar surface area (TPSA) is 87.6 Å².